The van der Waals surface area contributed by atoms with Crippen molar-refractivity contribution in [2.75, 3.05) is 6.26 Å². The number of hydrogen-bond donors (Lipinski definition) is 1. The van der Waals surface area contributed by atoms with Gasteiger partial charge in [0.15, 0.2) is 9.84 Å². The molecule has 0 saturated heterocycles. The van der Waals surface area contributed by atoms with E-state index in [9.17, 15) is 23.6 Å². The Labute approximate surface area is 113 Å². The van der Waals surface area contributed by atoms with Crippen molar-refractivity contribution in [1.82, 2.24) is 0 Å². The number of halogens is 2. The van der Waals surface area contributed by atoms with Gasteiger partial charge < -0.3 is 5.11 Å². The molecule has 1 aromatic rings. The number of benzene rings is 1. The predicted octanol–water partition coefficient (Wildman–Crippen LogP) is 1.80. The Hall–Kier alpha value is -0.890. The van der Waals surface area contributed by atoms with E-state index >= 15 is 0 Å². The average Bonchev–Trinajstić information content (AvgIpc) is 2.26. The average molecular weight is 314 g/mol. The fourth-order valence-electron chi connectivity index (χ4n) is 1.18. The maximum atomic E-state index is 11.3. The van der Waals surface area contributed by atoms with Crippen LogP contribution in [0.3, 0.4) is 0 Å². The molecule has 0 aliphatic heterocycles. The summed E-state index contributed by atoms with van der Waals surface area (Å²) >= 11 is 11.2. The lowest BCUT2D eigenvalue weighted by molar-refractivity contribution is -0.384. The molecule has 9 heteroatoms. The molecule has 0 fully saturated rings. The third kappa shape index (κ3) is 2.92. The van der Waals surface area contributed by atoms with Crippen LogP contribution in [0.15, 0.2) is 24.3 Å². The van der Waals surface area contributed by atoms with Crippen molar-refractivity contribution in [2.45, 2.75) is 9.77 Å². The van der Waals surface area contributed by atoms with Crippen LogP contribution >= 0.6 is 23.2 Å². The highest BCUT2D eigenvalue weighted by atomic mass is 35.5. The predicted molar refractivity (Wildman–Crippen MR) is 67.3 cm³/mol. The highest BCUT2D eigenvalue weighted by Gasteiger charge is 2.44. The van der Waals surface area contributed by atoms with Crippen molar-refractivity contribution in [1.29, 1.82) is 0 Å². The summed E-state index contributed by atoms with van der Waals surface area (Å²) in [5.74, 6) is 0. The van der Waals surface area contributed by atoms with Crippen LogP contribution in [0, 0.1) is 10.1 Å². The molecule has 0 bridgehead atoms. The molecule has 1 rings (SSSR count). The van der Waals surface area contributed by atoms with E-state index in [0.29, 0.717) is 0 Å². The molecular weight excluding hydrogens is 305 g/mol. The summed E-state index contributed by atoms with van der Waals surface area (Å²) in [4.78, 5) is 9.81. The molecule has 0 aromatic heterocycles. The normalized spacial score (nSPS) is 14.2. The maximum Gasteiger partial charge on any atom is 0.269 e. The first-order chi connectivity index (χ1) is 8.07. The number of rotatable bonds is 4. The molecular formula is C9H9Cl2NO5S. The Morgan fingerprint density at radius 1 is 1.33 bits per heavy atom. The molecule has 100 valence electrons. The Morgan fingerprint density at radius 2 is 1.78 bits per heavy atom. The number of hydrogen-bond acceptors (Lipinski definition) is 5. The SMILES string of the molecule is CS(=O)(=O)C(Cl)(Cl)[C@H](O)c1ccc([N+](=O)[O-])cc1. The molecule has 6 nitrogen and oxygen atoms in total. The zero-order valence-electron chi connectivity index (χ0n) is 9.08. The van der Waals surface area contributed by atoms with Gasteiger partial charge in [-0.05, 0) is 17.7 Å². The van der Waals surface area contributed by atoms with Gasteiger partial charge in [-0.2, -0.15) is 0 Å². The Kier molecular flexibility index (Phi) is 4.22. The molecule has 0 heterocycles. The number of nitrogens with zero attached hydrogens (tertiary/aromatic N) is 1. The molecule has 0 saturated carbocycles. The van der Waals surface area contributed by atoms with Crippen LogP contribution < -0.4 is 0 Å². The first-order valence-corrected chi connectivity index (χ1v) is 7.22. The molecule has 0 unspecified atom stereocenters. The van der Waals surface area contributed by atoms with Crippen molar-refractivity contribution in [3.8, 4) is 0 Å². The van der Waals surface area contributed by atoms with E-state index in [1.165, 1.54) is 12.1 Å². The topological polar surface area (TPSA) is 97.5 Å². The molecule has 0 aliphatic rings. The van der Waals surface area contributed by atoms with Gasteiger partial charge in [-0.3, -0.25) is 10.1 Å². The second-order valence-corrected chi connectivity index (χ2v) is 7.61. The lowest BCUT2D eigenvalue weighted by Crippen LogP contribution is -2.32. The van der Waals surface area contributed by atoms with E-state index in [0.717, 1.165) is 18.4 Å². The summed E-state index contributed by atoms with van der Waals surface area (Å²) in [6, 6.07) is 4.61. The highest BCUT2D eigenvalue weighted by Crippen LogP contribution is 2.40. The zero-order valence-corrected chi connectivity index (χ0v) is 11.4. The zero-order chi connectivity index (χ0) is 14.1. The molecule has 1 N–H and O–H groups in total. The minimum Gasteiger partial charge on any atom is -0.384 e. The fraction of sp³-hybridized carbons (Fsp3) is 0.333. The number of non-ortho nitro benzene ring substituents is 1. The summed E-state index contributed by atoms with van der Waals surface area (Å²) in [5.41, 5.74) is -0.129. The number of nitro benzene ring substituents is 1. The van der Waals surface area contributed by atoms with Gasteiger partial charge >= 0.3 is 0 Å². The van der Waals surface area contributed by atoms with Crippen molar-refractivity contribution in [3.63, 3.8) is 0 Å². The van der Waals surface area contributed by atoms with E-state index in [4.69, 9.17) is 23.2 Å². The van der Waals surface area contributed by atoms with Gasteiger partial charge in [0.25, 0.3) is 5.69 Å². The number of aliphatic hydroxyl groups excluding tert-OH is 1. The van der Waals surface area contributed by atoms with Gasteiger partial charge in [0, 0.05) is 18.4 Å². The van der Waals surface area contributed by atoms with E-state index in [1.807, 2.05) is 0 Å². The minimum absolute atomic E-state index is 0.0658. The number of aliphatic hydroxyl groups is 1. The van der Waals surface area contributed by atoms with E-state index < -0.39 is 24.5 Å². The molecule has 1 atom stereocenters. The Morgan fingerprint density at radius 3 is 2.11 bits per heavy atom. The summed E-state index contributed by atoms with van der Waals surface area (Å²) in [7, 11) is -3.93. The van der Waals surface area contributed by atoms with Crippen molar-refractivity contribution in [3.05, 3.63) is 39.9 Å². The van der Waals surface area contributed by atoms with Crippen LogP contribution in [0.5, 0.6) is 0 Å². The maximum absolute atomic E-state index is 11.3. The van der Waals surface area contributed by atoms with Gasteiger partial charge in [-0.15, -0.1) is 0 Å². The third-order valence-electron chi connectivity index (χ3n) is 2.23. The third-order valence-corrected chi connectivity index (χ3v) is 5.54. The molecule has 0 spiro atoms. The second kappa shape index (κ2) is 5.00. The van der Waals surface area contributed by atoms with Crippen LogP contribution in [-0.4, -0.2) is 28.4 Å². The summed E-state index contributed by atoms with van der Waals surface area (Å²) in [6.07, 6.45) is -0.932. The highest BCUT2D eigenvalue weighted by molar-refractivity contribution is 7.94. The number of alkyl halides is 2. The Bertz CT molecular complexity index is 555. The van der Waals surface area contributed by atoms with Gasteiger partial charge in [0.2, 0.25) is 3.67 Å². The van der Waals surface area contributed by atoms with Crippen LogP contribution in [0.4, 0.5) is 5.69 Å². The van der Waals surface area contributed by atoms with Gasteiger partial charge in [0.05, 0.1) is 4.92 Å². The van der Waals surface area contributed by atoms with Crippen molar-refractivity contribution >= 4 is 38.7 Å². The molecule has 18 heavy (non-hydrogen) atoms. The monoisotopic (exact) mass is 313 g/mol. The molecule has 0 amide bonds. The van der Waals surface area contributed by atoms with Crippen LogP contribution in [0.25, 0.3) is 0 Å². The number of nitro groups is 1. The van der Waals surface area contributed by atoms with Crippen molar-refractivity contribution < 1.29 is 18.4 Å². The molecule has 1 aromatic carbocycles. The lowest BCUT2D eigenvalue weighted by Gasteiger charge is -2.23. The van der Waals surface area contributed by atoms with Crippen molar-refractivity contribution in [2.24, 2.45) is 0 Å². The molecule has 0 radical (unpaired) electrons. The van der Waals surface area contributed by atoms with E-state index in [1.54, 1.807) is 0 Å². The van der Waals surface area contributed by atoms with Gasteiger partial charge in [-0.1, -0.05) is 23.2 Å². The second-order valence-electron chi connectivity index (χ2n) is 3.59. The van der Waals surface area contributed by atoms with Crippen LogP contribution in [0.1, 0.15) is 11.7 Å². The summed E-state index contributed by atoms with van der Waals surface area (Å²) in [5, 5.41) is 20.2. The standard InChI is InChI=1S/C9H9Cl2NO5S/c1-18(16,17)9(10,11)8(13)6-2-4-7(5-3-6)12(14)15/h2-5,8,13H,1H3/t8-/m1/s1. The van der Waals surface area contributed by atoms with E-state index in [2.05, 4.69) is 0 Å². The lowest BCUT2D eigenvalue weighted by atomic mass is 10.1. The largest absolute Gasteiger partial charge is 0.384 e. The fourth-order valence-corrected chi connectivity index (χ4v) is 1.97. The van der Waals surface area contributed by atoms with Crippen LogP contribution in [0.2, 0.25) is 0 Å². The first kappa shape index (κ1) is 15.2. The van der Waals surface area contributed by atoms with Gasteiger partial charge in [0.1, 0.15) is 6.10 Å². The quantitative estimate of drug-likeness (QED) is 0.519. The minimum atomic E-state index is -3.93. The van der Waals surface area contributed by atoms with Gasteiger partial charge in [-0.25, -0.2) is 8.42 Å². The summed E-state index contributed by atoms with van der Waals surface area (Å²) < 4.78 is 20.2. The molecule has 0 aliphatic carbocycles. The number of sulfone groups is 1. The first-order valence-electron chi connectivity index (χ1n) is 4.57. The Balaban J connectivity index is 3.12. The van der Waals surface area contributed by atoms with Crippen LogP contribution in [-0.2, 0) is 9.84 Å². The van der Waals surface area contributed by atoms with E-state index in [-0.39, 0.29) is 11.3 Å². The summed E-state index contributed by atoms with van der Waals surface area (Å²) in [6.45, 7) is 0. The smallest absolute Gasteiger partial charge is 0.269 e.